The molecule has 0 bridgehead atoms. The lowest BCUT2D eigenvalue weighted by Gasteiger charge is -2.23. The summed E-state index contributed by atoms with van der Waals surface area (Å²) in [5.41, 5.74) is 1.97. The summed E-state index contributed by atoms with van der Waals surface area (Å²) >= 11 is 0. The van der Waals surface area contributed by atoms with Gasteiger partial charge in [-0.05, 0) is 31.2 Å². The molecule has 4 heteroatoms. The van der Waals surface area contributed by atoms with E-state index in [4.69, 9.17) is 0 Å². The first-order chi connectivity index (χ1) is 10.3. The Hall–Kier alpha value is -2.49. The lowest BCUT2D eigenvalue weighted by Crippen LogP contribution is -2.37. The first kappa shape index (κ1) is 14.9. The van der Waals surface area contributed by atoms with Crippen LogP contribution in [0.15, 0.2) is 60.7 Å². The van der Waals surface area contributed by atoms with Crippen LogP contribution in [0.1, 0.15) is 6.92 Å². The third-order valence-corrected chi connectivity index (χ3v) is 3.20. The molecule has 4 nitrogen and oxygen atoms in total. The molecule has 0 aliphatic rings. The molecule has 2 aromatic rings. The summed E-state index contributed by atoms with van der Waals surface area (Å²) < 4.78 is 0. The van der Waals surface area contributed by atoms with Gasteiger partial charge in [0.1, 0.15) is 0 Å². The lowest BCUT2D eigenvalue weighted by atomic mass is 10.3. The van der Waals surface area contributed by atoms with Crippen molar-refractivity contribution < 1.29 is 4.79 Å². The number of anilines is 2. The number of para-hydroxylation sites is 2. The van der Waals surface area contributed by atoms with Crippen molar-refractivity contribution in [3.05, 3.63) is 60.7 Å². The number of amides is 2. The normalized spacial score (nSPS) is 9.95. The molecule has 0 aliphatic carbocycles. The fourth-order valence-electron chi connectivity index (χ4n) is 2.11. The molecule has 0 heterocycles. The maximum absolute atomic E-state index is 11.8. The van der Waals surface area contributed by atoms with E-state index in [9.17, 15) is 4.79 Å². The van der Waals surface area contributed by atoms with E-state index in [1.165, 1.54) is 5.69 Å². The van der Waals surface area contributed by atoms with E-state index in [0.29, 0.717) is 6.54 Å². The van der Waals surface area contributed by atoms with Gasteiger partial charge in [-0.2, -0.15) is 0 Å². The van der Waals surface area contributed by atoms with Crippen LogP contribution in [0.4, 0.5) is 16.2 Å². The van der Waals surface area contributed by atoms with Gasteiger partial charge in [0.25, 0.3) is 0 Å². The Bertz CT molecular complexity index is 542. The third kappa shape index (κ3) is 4.84. The van der Waals surface area contributed by atoms with Gasteiger partial charge in [-0.3, -0.25) is 0 Å². The molecule has 110 valence electrons. The number of hydrogen-bond acceptors (Lipinski definition) is 2. The van der Waals surface area contributed by atoms with Crippen molar-refractivity contribution in [2.24, 2.45) is 0 Å². The van der Waals surface area contributed by atoms with E-state index in [2.05, 4.69) is 34.6 Å². The molecule has 0 aromatic heterocycles. The number of nitrogens with one attached hydrogen (secondary N) is 2. The second kappa shape index (κ2) is 7.94. The number of carbonyl (C=O) groups is 1. The quantitative estimate of drug-likeness (QED) is 0.854. The highest BCUT2D eigenvalue weighted by molar-refractivity contribution is 5.89. The van der Waals surface area contributed by atoms with E-state index in [1.54, 1.807) is 0 Å². The fourth-order valence-corrected chi connectivity index (χ4v) is 2.11. The number of benzene rings is 2. The highest BCUT2D eigenvalue weighted by Gasteiger charge is 2.05. The molecule has 0 saturated heterocycles. The molecule has 2 aromatic carbocycles. The van der Waals surface area contributed by atoms with Crippen molar-refractivity contribution in [3.63, 3.8) is 0 Å². The Balaban J connectivity index is 1.76. The van der Waals surface area contributed by atoms with Crippen LogP contribution in [0.25, 0.3) is 0 Å². The van der Waals surface area contributed by atoms with E-state index < -0.39 is 0 Å². The predicted octanol–water partition coefficient (Wildman–Crippen LogP) is 3.33. The molecular weight excluding hydrogens is 262 g/mol. The van der Waals surface area contributed by atoms with Gasteiger partial charge in [-0.15, -0.1) is 0 Å². The maximum Gasteiger partial charge on any atom is 0.319 e. The first-order valence-corrected chi connectivity index (χ1v) is 7.19. The molecule has 0 aliphatic heterocycles. The van der Waals surface area contributed by atoms with Crippen molar-refractivity contribution in [3.8, 4) is 0 Å². The predicted molar refractivity (Wildman–Crippen MR) is 87.8 cm³/mol. The Morgan fingerprint density at radius 3 is 2.24 bits per heavy atom. The number of carbonyl (C=O) groups excluding carboxylic acids is 1. The van der Waals surface area contributed by atoms with Gasteiger partial charge < -0.3 is 15.5 Å². The maximum atomic E-state index is 11.8. The third-order valence-electron chi connectivity index (χ3n) is 3.20. The largest absolute Gasteiger partial charge is 0.370 e. The van der Waals surface area contributed by atoms with Gasteiger partial charge in [-0.25, -0.2) is 4.79 Å². The minimum Gasteiger partial charge on any atom is -0.370 e. The average molecular weight is 283 g/mol. The summed E-state index contributed by atoms with van der Waals surface area (Å²) in [5, 5.41) is 5.68. The summed E-state index contributed by atoms with van der Waals surface area (Å²) in [6, 6.07) is 19.5. The molecule has 0 spiro atoms. The Labute approximate surface area is 125 Å². The number of hydrogen-bond donors (Lipinski definition) is 2. The average Bonchev–Trinajstić information content (AvgIpc) is 2.53. The van der Waals surface area contributed by atoms with Crippen LogP contribution in [0.5, 0.6) is 0 Å². The zero-order valence-corrected chi connectivity index (χ0v) is 12.3. The second-order valence-corrected chi connectivity index (χ2v) is 4.66. The van der Waals surface area contributed by atoms with Gasteiger partial charge in [0.2, 0.25) is 0 Å². The molecule has 2 amide bonds. The van der Waals surface area contributed by atoms with Crippen molar-refractivity contribution >= 4 is 17.4 Å². The van der Waals surface area contributed by atoms with Crippen molar-refractivity contribution in [1.82, 2.24) is 5.32 Å². The Kier molecular flexibility index (Phi) is 5.64. The minimum atomic E-state index is -0.176. The number of likely N-dealkylation sites (N-methyl/N-ethyl adjacent to an activating group) is 1. The smallest absolute Gasteiger partial charge is 0.319 e. The number of rotatable bonds is 6. The van der Waals surface area contributed by atoms with Crippen LogP contribution in [-0.2, 0) is 0 Å². The van der Waals surface area contributed by atoms with Crippen LogP contribution in [0, 0.1) is 0 Å². The molecule has 0 unspecified atom stereocenters. The summed E-state index contributed by atoms with van der Waals surface area (Å²) in [4.78, 5) is 14.0. The van der Waals surface area contributed by atoms with Crippen LogP contribution in [0.2, 0.25) is 0 Å². The van der Waals surface area contributed by atoms with Crippen molar-refractivity contribution in [2.45, 2.75) is 6.92 Å². The van der Waals surface area contributed by atoms with Crippen LogP contribution in [-0.4, -0.2) is 25.7 Å². The molecule has 0 atom stereocenters. The van der Waals surface area contributed by atoms with E-state index in [-0.39, 0.29) is 6.03 Å². The van der Waals surface area contributed by atoms with Crippen LogP contribution >= 0.6 is 0 Å². The molecule has 0 saturated carbocycles. The van der Waals surface area contributed by atoms with Crippen molar-refractivity contribution in [2.75, 3.05) is 29.9 Å². The molecule has 21 heavy (non-hydrogen) atoms. The first-order valence-electron chi connectivity index (χ1n) is 7.19. The number of nitrogens with zero attached hydrogens (tertiary/aromatic N) is 1. The Morgan fingerprint density at radius 2 is 1.62 bits per heavy atom. The van der Waals surface area contributed by atoms with E-state index >= 15 is 0 Å². The highest BCUT2D eigenvalue weighted by atomic mass is 16.2. The zero-order chi connectivity index (χ0) is 14.9. The van der Waals surface area contributed by atoms with Gasteiger partial charge in [0, 0.05) is 31.0 Å². The summed E-state index contributed by atoms with van der Waals surface area (Å²) in [7, 11) is 0. The standard InChI is InChI=1S/C17H21N3O/c1-2-20(16-11-7-4-8-12-16)14-13-18-17(21)19-15-9-5-3-6-10-15/h3-12H,2,13-14H2,1H3,(H2,18,19,21). The fraction of sp³-hybridized carbons (Fsp3) is 0.235. The monoisotopic (exact) mass is 283 g/mol. The molecule has 0 radical (unpaired) electrons. The minimum absolute atomic E-state index is 0.176. The van der Waals surface area contributed by atoms with Gasteiger partial charge in [-0.1, -0.05) is 36.4 Å². The van der Waals surface area contributed by atoms with Gasteiger partial charge in [0.05, 0.1) is 0 Å². The van der Waals surface area contributed by atoms with Gasteiger partial charge in [0.15, 0.2) is 0 Å². The van der Waals surface area contributed by atoms with E-state index in [1.807, 2.05) is 48.5 Å². The number of urea groups is 1. The summed E-state index contributed by atoms with van der Waals surface area (Å²) in [6.07, 6.45) is 0. The zero-order valence-electron chi connectivity index (χ0n) is 12.3. The van der Waals surface area contributed by atoms with Gasteiger partial charge >= 0.3 is 6.03 Å². The van der Waals surface area contributed by atoms with Crippen LogP contribution < -0.4 is 15.5 Å². The highest BCUT2D eigenvalue weighted by Crippen LogP contribution is 2.11. The SMILES string of the molecule is CCN(CCNC(=O)Nc1ccccc1)c1ccccc1. The lowest BCUT2D eigenvalue weighted by molar-refractivity contribution is 0.252. The van der Waals surface area contributed by atoms with Crippen molar-refractivity contribution in [1.29, 1.82) is 0 Å². The molecular formula is C17H21N3O. The molecule has 2 rings (SSSR count). The van der Waals surface area contributed by atoms with Crippen LogP contribution in [0.3, 0.4) is 0 Å². The second-order valence-electron chi connectivity index (χ2n) is 4.66. The van der Waals surface area contributed by atoms with E-state index in [0.717, 1.165) is 18.8 Å². The summed E-state index contributed by atoms with van der Waals surface area (Å²) in [5.74, 6) is 0. The molecule has 0 fully saturated rings. The summed E-state index contributed by atoms with van der Waals surface area (Å²) in [6.45, 7) is 4.40. The molecule has 2 N–H and O–H groups in total. The Morgan fingerprint density at radius 1 is 1.00 bits per heavy atom. The topological polar surface area (TPSA) is 44.4 Å².